The van der Waals surface area contributed by atoms with Gasteiger partial charge in [-0.15, -0.1) is 0 Å². The van der Waals surface area contributed by atoms with Crippen LogP contribution in [0.1, 0.15) is 5.56 Å². The van der Waals surface area contributed by atoms with Gasteiger partial charge in [-0.2, -0.15) is 0 Å². The van der Waals surface area contributed by atoms with Gasteiger partial charge in [-0.05, 0) is 29.8 Å². The van der Waals surface area contributed by atoms with Crippen molar-refractivity contribution in [1.82, 2.24) is 0 Å². The zero-order valence-corrected chi connectivity index (χ0v) is 18.2. The number of hydrogen-bond acceptors (Lipinski definition) is 6. The highest BCUT2D eigenvalue weighted by atomic mass is 19.1. The summed E-state index contributed by atoms with van der Waals surface area (Å²) >= 11 is 0. The molecule has 0 saturated carbocycles. The number of ether oxygens (including phenoxy) is 3. The quantitative estimate of drug-likeness (QED) is 0.545. The lowest BCUT2D eigenvalue weighted by Gasteiger charge is -2.16. The summed E-state index contributed by atoms with van der Waals surface area (Å²) < 4.78 is 30.3. The first kappa shape index (κ1) is 21.9. The van der Waals surface area contributed by atoms with Crippen molar-refractivity contribution in [2.45, 2.75) is 0 Å². The Balaban J connectivity index is 1.84. The van der Waals surface area contributed by atoms with Gasteiger partial charge in [0.2, 0.25) is 0 Å². The first-order valence-corrected chi connectivity index (χ1v) is 9.99. The van der Waals surface area contributed by atoms with Gasteiger partial charge in [0.15, 0.2) is 0 Å². The Morgan fingerprint density at radius 1 is 0.758 bits per heavy atom. The summed E-state index contributed by atoms with van der Waals surface area (Å²) in [4.78, 5) is 27.7. The highest BCUT2D eigenvalue weighted by molar-refractivity contribution is 6.46. The second-order valence-corrected chi connectivity index (χ2v) is 7.10. The van der Waals surface area contributed by atoms with Gasteiger partial charge in [-0.3, -0.25) is 9.59 Å². The van der Waals surface area contributed by atoms with Gasteiger partial charge in [0, 0.05) is 23.9 Å². The van der Waals surface area contributed by atoms with Crippen LogP contribution in [0, 0.1) is 5.82 Å². The van der Waals surface area contributed by atoms with Gasteiger partial charge >= 0.3 is 0 Å². The van der Waals surface area contributed by atoms with Crippen LogP contribution in [0.15, 0.2) is 72.4 Å². The topological polar surface area (TPSA) is 77.1 Å². The zero-order chi connectivity index (χ0) is 23.5. The molecule has 1 N–H and O–H groups in total. The van der Waals surface area contributed by atoms with E-state index in [0.717, 1.165) is 4.90 Å². The number of carbonyl (C=O) groups excluding carboxylic acids is 2. The SMILES string of the molecule is COc1ccc(C2=C(Nc3cc(OC)cc(OC)c3)C(=O)N(c3ccccc3F)C2=O)cc1. The normalized spacial score (nSPS) is 13.4. The molecule has 2 amide bonds. The number of nitrogens with zero attached hydrogens (tertiary/aromatic N) is 1. The summed E-state index contributed by atoms with van der Waals surface area (Å²) in [5.74, 6) is -0.436. The third-order valence-corrected chi connectivity index (χ3v) is 5.18. The third kappa shape index (κ3) is 4.10. The van der Waals surface area contributed by atoms with E-state index >= 15 is 0 Å². The molecule has 0 fully saturated rings. The van der Waals surface area contributed by atoms with E-state index in [1.165, 1.54) is 39.5 Å². The van der Waals surface area contributed by atoms with E-state index in [4.69, 9.17) is 14.2 Å². The maximum Gasteiger partial charge on any atom is 0.282 e. The summed E-state index contributed by atoms with van der Waals surface area (Å²) in [6.07, 6.45) is 0. The Morgan fingerprint density at radius 2 is 1.36 bits per heavy atom. The van der Waals surface area contributed by atoms with Gasteiger partial charge in [0.25, 0.3) is 11.8 Å². The first-order valence-electron chi connectivity index (χ1n) is 9.99. The first-order chi connectivity index (χ1) is 16.0. The van der Waals surface area contributed by atoms with Gasteiger partial charge < -0.3 is 19.5 Å². The second-order valence-electron chi connectivity index (χ2n) is 7.10. The molecular formula is C25H21FN2O5. The fourth-order valence-corrected chi connectivity index (χ4v) is 3.55. The van der Waals surface area contributed by atoms with Crippen molar-refractivity contribution in [3.8, 4) is 17.2 Å². The van der Waals surface area contributed by atoms with E-state index in [1.54, 1.807) is 48.5 Å². The number of rotatable bonds is 7. The van der Waals surface area contributed by atoms with Crippen LogP contribution >= 0.6 is 0 Å². The predicted molar refractivity (Wildman–Crippen MR) is 122 cm³/mol. The van der Waals surface area contributed by atoms with E-state index < -0.39 is 17.6 Å². The number of carbonyl (C=O) groups is 2. The molecule has 0 spiro atoms. The minimum Gasteiger partial charge on any atom is -0.497 e. The number of nitrogens with one attached hydrogen (secondary N) is 1. The average molecular weight is 448 g/mol. The highest BCUT2D eigenvalue weighted by Gasteiger charge is 2.41. The Labute approximate surface area is 190 Å². The maximum absolute atomic E-state index is 14.5. The Hall–Kier alpha value is -4.33. The molecule has 0 bridgehead atoms. The summed E-state index contributed by atoms with van der Waals surface area (Å²) in [6.45, 7) is 0. The molecule has 4 rings (SSSR count). The molecule has 0 atom stereocenters. The van der Waals surface area contributed by atoms with Crippen molar-refractivity contribution in [2.24, 2.45) is 0 Å². The Morgan fingerprint density at radius 3 is 1.94 bits per heavy atom. The van der Waals surface area contributed by atoms with Crippen LogP contribution in [0.4, 0.5) is 15.8 Å². The van der Waals surface area contributed by atoms with Gasteiger partial charge in [0.05, 0.1) is 32.6 Å². The fourth-order valence-electron chi connectivity index (χ4n) is 3.55. The summed E-state index contributed by atoms with van der Waals surface area (Å²) in [7, 11) is 4.54. The minimum absolute atomic E-state index is 0.00345. The molecule has 8 heteroatoms. The zero-order valence-electron chi connectivity index (χ0n) is 18.2. The van der Waals surface area contributed by atoms with Crippen LogP contribution in [0.3, 0.4) is 0 Å². The van der Waals surface area contributed by atoms with E-state index in [1.807, 2.05) is 0 Å². The maximum atomic E-state index is 14.5. The van der Waals surface area contributed by atoms with Crippen LogP contribution in [-0.2, 0) is 9.59 Å². The van der Waals surface area contributed by atoms with Crippen LogP contribution in [0.5, 0.6) is 17.2 Å². The lowest BCUT2D eigenvalue weighted by Crippen LogP contribution is -2.33. The van der Waals surface area contributed by atoms with Crippen molar-refractivity contribution in [2.75, 3.05) is 31.5 Å². The number of benzene rings is 3. The molecule has 7 nitrogen and oxygen atoms in total. The van der Waals surface area contributed by atoms with Crippen molar-refractivity contribution in [1.29, 1.82) is 0 Å². The predicted octanol–water partition coefficient (Wildman–Crippen LogP) is 4.25. The standard InChI is InChI=1S/C25H21FN2O5/c1-31-17-10-8-15(9-11-17)22-23(27-16-12-18(32-2)14-19(13-16)33-3)25(30)28(24(22)29)21-7-5-4-6-20(21)26/h4-14,27H,1-3H3. The van der Waals surface area contributed by atoms with Crippen LogP contribution in [0.2, 0.25) is 0 Å². The molecule has 0 unspecified atom stereocenters. The van der Waals surface area contributed by atoms with Crippen LogP contribution in [-0.4, -0.2) is 33.1 Å². The molecule has 3 aromatic rings. The van der Waals surface area contributed by atoms with E-state index in [0.29, 0.717) is 28.5 Å². The minimum atomic E-state index is -0.683. The molecule has 168 valence electrons. The Bertz CT molecular complexity index is 1230. The lowest BCUT2D eigenvalue weighted by molar-refractivity contribution is -0.120. The molecule has 0 aliphatic carbocycles. The molecule has 1 aliphatic rings. The van der Waals surface area contributed by atoms with E-state index in [-0.39, 0.29) is 17.0 Å². The number of hydrogen-bond donors (Lipinski definition) is 1. The highest BCUT2D eigenvalue weighted by Crippen LogP contribution is 2.36. The fraction of sp³-hybridized carbons (Fsp3) is 0.120. The third-order valence-electron chi connectivity index (χ3n) is 5.18. The molecule has 1 heterocycles. The van der Waals surface area contributed by atoms with Gasteiger partial charge in [-0.1, -0.05) is 24.3 Å². The molecule has 0 saturated heterocycles. The Kier molecular flexibility index (Phi) is 5.99. The molecule has 1 aliphatic heterocycles. The largest absolute Gasteiger partial charge is 0.497 e. The van der Waals surface area contributed by atoms with Gasteiger partial charge in [-0.25, -0.2) is 9.29 Å². The summed E-state index contributed by atoms with van der Waals surface area (Å²) in [5, 5.41) is 3.02. The number of amides is 2. The number of methoxy groups -OCH3 is 3. The molecule has 33 heavy (non-hydrogen) atoms. The number of para-hydroxylation sites is 1. The summed E-state index contributed by atoms with van der Waals surface area (Å²) in [6, 6.07) is 17.3. The van der Waals surface area contributed by atoms with Crippen LogP contribution < -0.4 is 24.4 Å². The molecule has 0 aromatic heterocycles. The van der Waals surface area contributed by atoms with E-state index in [2.05, 4.69) is 5.32 Å². The second kappa shape index (κ2) is 9.04. The average Bonchev–Trinajstić information content (AvgIpc) is 3.08. The van der Waals surface area contributed by atoms with E-state index in [9.17, 15) is 14.0 Å². The molecule has 0 radical (unpaired) electrons. The van der Waals surface area contributed by atoms with Crippen molar-refractivity contribution >= 4 is 28.8 Å². The van der Waals surface area contributed by atoms with Crippen molar-refractivity contribution in [3.05, 3.63) is 83.8 Å². The summed E-state index contributed by atoms with van der Waals surface area (Å²) in [5.41, 5.74) is 0.920. The smallest absolute Gasteiger partial charge is 0.282 e. The number of imide groups is 1. The van der Waals surface area contributed by atoms with Crippen molar-refractivity contribution < 1.29 is 28.2 Å². The monoisotopic (exact) mass is 448 g/mol. The van der Waals surface area contributed by atoms with Gasteiger partial charge in [0.1, 0.15) is 28.8 Å². The lowest BCUT2D eigenvalue weighted by atomic mass is 10.0. The molecule has 3 aromatic carbocycles. The van der Waals surface area contributed by atoms with Crippen molar-refractivity contribution in [3.63, 3.8) is 0 Å². The molecular weight excluding hydrogens is 427 g/mol. The van der Waals surface area contributed by atoms with Crippen LogP contribution in [0.25, 0.3) is 5.57 Å². The number of halogens is 1. The number of anilines is 2.